The van der Waals surface area contributed by atoms with Gasteiger partial charge in [-0.3, -0.25) is 4.98 Å². The van der Waals surface area contributed by atoms with Crippen LogP contribution in [0.5, 0.6) is 11.5 Å². The topological polar surface area (TPSA) is 85.7 Å². The van der Waals surface area contributed by atoms with Crippen molar-refractivity contribution < 1.29 is 14.2 Å². The molecule has 1 saturated heterocycles. The molecule has 5 rings (SSSR count). The van der Waals surface area contributed by atoms with E-state index in [-0.39, 0.29) is 6.10 Å². The second kappa shape index (κ2) is 10.6. The van der Waals surface area contributed by atoms with Gasteiger partial charge in [0.1, 0.15) is 11.3 Å². The molecule has 0 unspecified atom stereocenters. The molecule has 0 spiro atoms. The Morgan fingerprint density at radius 2 is 1.77 bits per heavy atom. The first kappa shape index (κ1) is 23.5. The zero-order chi connectivity index (χ0) is 24.2. The Bertz CT molecular complexity index is 1140. The summed E-state index contributed by atoms with van der Waals surface area (Å²) in [5.74, 6) is 2.85. The summed E-state index contributed by atoms with van der Waals surface area (Å²) in [6.07, 6.45) is 10.5. The predicted molar refractivity (Wildman–Crippen MR) is 136 cm³/mol. The molecule has 2 aromatic heterocycles. The van der Waals surface area contributed by atoms with E-state index in [1.54, 1.807) is 25.7 Å². The van der Waals surface area contributed by atoms with Crippen molar-refractivity contribution in [3.8, 4) is 11.5 Å². The van der Waals surface area contributed by atoms with Gasteiger partial charge in [-0.1, -0.05) is 0 Å². The minimum Gasteiger partial charge on any atom is -0.493 e. The van der Waals surface area contributed by atoms with Crippen LogP contribution in [0.1, 0.15) is 31.4 Å². The van der Waals surface area contributed by atoms with Crippen LogP contribution in [0.3, 0.4) is 0 Å². The number of ether oxygens (including phenoxy) is 3. The van der Waals surface area contributed by atoms with E-state index in [2.05, 4.69) is 32.0 Å². The number of rotatable bonds is 7. The van der Waals surface area contributed by atoms with Crippen LogP contribution in [0.4, 0.5) is 11.6 Å². The first-order valence-corrected chi connectivity index (χ1v) is 12.4. The molecule has 35 heavy (non-hydrogen) atoms. The molecule has 3 heterocycles. The number of hydrogen-bond acceptors (Lipinski definition) is 9. The van der Waals surface area contributed by atoms with Crippen LogP contribution >= 0.6 is 0 Å². The van der Waals surface area contributed by atoms with Crippen LogP contribution in [0.2, 0.25) is 0 Å². The Balaban J connectivity index is 1.27. The molecule has 2 fully saturated rings. The van der Waals surface area contributed by atoms with Gasteiger partial charge in [0.15, 0.2) is 5.75 Å². The van der Waals surface area contributed by atoms with Gasteiger partial charge in [0.05, 0.1) is 43.8 Å². The molecule has 3 aromatic rings. The molecule has 0 radical (unpaired) electrons. The molecular formula is C26H34N6O3. The van der Waals surface area contributed by atoms with Crippen molar-refractivity contribution in [2.75, 3.05) is 57.3 Å². The monoisotopic (exact) mass is 478 g/mol. The predicted octanol–water partition coefficient (Wildman–Crippen LogP) is 3.51. The van der Waals surface area contributed by atoms with Crippen LogP contribution in [0.25, 0.3) is 11.0 Å². The van der Waals surface area contributed by atoms with Gasteiger partial charge in [-0.25, -0.2) is 15.0 Å². The highest BCUT2D eigenvalue weighted by Crippen LogP contribution is 2.35. The molecule has 1 aliphatic heterocycles. The summed E-state index contributed by atoms with van der Waals surface area (Å²) < 4.78 is 17.6. The molecule has 0 atom stereocenters. The maximum Gasteiger partial charge on any atom is 0.225 e. The van der Waals surface area contributed by atoms with E-state index in [0.29, 0.717) is 11.9 Å². The molecule has 2 aliphatic rings. The fourth-order valence-electron chi connectivity index (χ4n) is 4.96. The SMILES string of the molecule is COc1cnc(N(C)C)nc1CC1CCC(Oc2cc(N3CCOCC3)cc3nccnc23)CC1. The second-order valence-electron chi connectivity index (χ2n) is 9.51. The number of aromatic nitrogens is 4. The number of anilines is 2. The molecular weight excluding hydrogens is 444 g/mol. The minimum absolute atomic E-state index is 0.168. The standard InChI is InChI=1S/C26H34N6O3/c1-31(2)26-29-17-24(33-3)21(30-26)14-18-4-6-20(7-5-18)35-23-16-19(32-10-12-34-13-11-32)15-22-25(23)28-9-8-27-22/h8-9,15-18,20H,4-7,10-14H2,1-3H3. The maximum absolute atomic E-state index is 6.58. The Morgan fingerprint density at radius 3 is 2.51 bits per heavy atom. The van der Waals surface area contributed by atoms with Gasteiger partial charge in [-0.15, -0.1) is 0 Å². The lowest BCUT2D eigenvalue weighted by Gasteiger charge is -2.31. The maximum atomic E-state index is 6.58. The summed E-state index contributed by atoms with van der Waals surface area (Å²) >= 11 is 0. The average molecular weight is 479 g/mol. The lowest BCUT2D eigenvalue weighted by Crippen LogP contribution is -2.36. The highest BCUT2D eigenvalue weighted by molar-refractivity contribution is 5.85. The van der Waals surface area contributed by atoms with Crippen LogP contribution in [0, 0.1) is 5.92 Å². The van der Waals surface area contributed by atoms with E-state index in [1.807, 2.05) is 19.0 Å². The summed E-state index contributed by atoms with van der Waals surface area (Å²) in [6.45, 7) is 3.23. The van der Waals surface area contributed by atoms with Crippen LogP contribution in [0.15, 0.2) is 30.7 Å². The van der Waals surface area contributed by atoms with Crippen molar-refractivity contribution in [2.24, 2.45) is 5.92 Å². The highest BCUT2D eigenvalue weighted by Gasteiger charge is 2.26. The largest absolute Gasteiger partial charge is 0.493 e. The zero-order valence-corrected chi connectivity index (χ0v) is 20.8. The van der Waals surface area contributed by atoms with Gasteiger partial charge in [0.25, 0.3) is 0 Å². The third kappa shape index (κ3) is 5.40. The second-order valence-corrected chi connectivity index (χ2v) is 9.51. The summed E-state index contributed by atoms with van der Waals surface area (Å²) in [6, 6.07) is 4.23. The number of morpholine rings is 1. The van der Waals surface area contributed by atoms with Crippen molar-refractivity contribution in [3.05, 3.63) is 36.4 Å². The Morgan fingerprint density at radius 1 is 1.00 bits per heavy atom. The minimum atomic E-state index is 0.168. The van der Waals surface area contributed by atoms with Gasteiger partial charge in [-0.05, 0) is 44.1 Å². The first-order chi connectivity index (χ1) is 17.1. The van der Waals surface area contributed by atoms with E-state index in [4.69, 9.17) is 19.2 Å². The Kier molecular flexibility index (Phi) is 7.13. The number of nitrogens with zero attached hydrogens (tertiary/aromatic N) is 6. The van der Waals surface area contributed by atoms with Crippen molar-refractivity contribution in [1.29, 1.82) is 0 Å². The van der Waals surface area contributed by atoms with E-state index in [0.717, 1.165) is 92.3 Å². The summed E-state index contributed by atoms with van der Waals surface area (Å²) in [5.41, 5.74) is 3.80. The normalized spacial score (nSPS) is 20.6. The smallest absolute Gasteiger partial charge is 0.225 e. The van der Waals surface area contributed by atoms with Crippen molar-refractivity contribution in [3.63, 3.8) is 0 Å². The highest BCUT2D eigenvalue weighted by atomic mass is 16.5. The quantitative estimate of drug-likeness (QED) is 0.506. The van der Waals surface area contributed by atoms with Gasteiger partial charge in [-0.2, -0.15) is 0 Å². The van der Waals surface area contributed by atoms with E-state index >= 15 is 0 Å². The summed E-state index contributed by atoms with van der Waals surface area (Å²) in [5, 5.41) is 0. The number of fused-ring (bicyclic) bond motifs is 1. The fraction of sp³-hybridized carbons (Fsp3) is 0.538. The van der Waals surface area contributed by atoms with Crippen molar-refractivity contribution in [1.82, 2.24) is 19.9 Å². The van der Waals surface area contributed by atoms with E-state index < -0.39 is 0 Å². The molecule has 1 saturated carbocycles. The van der Waals surface area contributed by atoms with E-state index in [1.165, 1.54) is 0 Å². The van der Waals surface area contributed by atoms with Crippen LogP contribution in [-0.4, -0.2) is 73.5 Å². The summed E-state index contributed by atoms with van der Waals surface area (Å²) in [4.78, 5) is 22.5. The lowest BCUT2D eigenvalue weighted by atomic mass is 9.84. The van der Waals surface area contributed by atoms with Crippen LogP contribution in [-0.2, 0) is 11.2 Å². The molecule has 1 aliphatic carbocycles. The van der Waals surface area contributed by atoms with Crippen molar-refractivity contribution >= 4 is 22.7 Å². The Labute approximate surface area is 206 Å². The zero-order valence-electron chi connectivity index (χ0n) is 20.8. The first-order valence-electron chi connectivity index (χ1n) is 12.4. The van der Waals surface area contributed by atoms with E-state index in [9.17, 15) is 0 Å². The number of benzene rings is 1. The van der Waals surface area contributed by atoms with Gasteiger partial charge in [0.2, 0.25) is 5.95 Å². The van der Waals surface area contributed by atoms with Gasteiger partial charge < -0.3 is 24.0 Å². The third-order valence-corrected chi connectivity index (χ3v) is 6.91. The number of hydrogen-bond donors (Lipinski definition) is 0. The fourth-order valence-corrected chi connectivity index (χ4v) is 4.96. The lowest BCUT2D eigenvalue weighted by molar-refractivity contribution is 0.122. The molecule has 186 valence electrons. The van der Waals surface area contributed by atoms with Gasteiger partial charge in [0, 0.05) is 51.3 Å². The third-order valence-electron chi connectivity index (χ3n) is 6.91. The molecule has 9 nitrogen and oxygen atoms in total. The summed E-state index contributed by atoms with van der Waals surface area (Å²) in [7, 11) is 5.59. The van der Waals surface area contributed by atoms with Gasteiger partial charge >= 0.3 is 0 Å². The average Bonchev–Trinajstić information content (AvgIpc) is 2.90. The molecule has 0 bridgehead atoms. The molecule has 9 heteroatoms. The molecule has 1 aromatic carbocycles. The molecule has 0 N–H and O–H groups in total. The number of methoxy groups -OCH3 is 1. The van der Waals surface area contributed by atoms with Crippen LogP contribution < -0.4 is 19.3 Å². The molecule has 0 amide bonds. The Hall–Kier alpha value is -3.20. The van der Waals surface area contributed by atoms with Crippen molar-refractivity contribution in [2.45, 2.75) is 38.2 Å².